The van der Waals surface area contributed by atoms with Crippen LogP contribution in [0.5, 0.6) is 0 Å². The van der Waals surface area contributed by atoms with Crippen molar-refractivity contribution < 1.29 is 0 Å². The average molecular weight is 422 g/mol. The second-order valence-electron chi connectivity index (χ2n) is 8.31. The highest BCUT2D eigenvalue weighted by molar-refractivity contribution is 6.31. The number of pyridine rings is 2. The molecular weight excluding hydrogens is 402 g/mol. The molecule has 0 fully saturated rings. The Morgan fingerprint density at radius 3 is 2.21 bits per heavy atom. The van der Waals surface area contributed by atoms with Crippen molar-refractivity contribution in [1.82, 2.24) is 14.5 Å². The lowest BCUT2D eigenvalue weighted by Gasteiger charge is -2.12. The third-order valence-electron chi connectivity index (χ3n) is 6.49. The lowest BCUT2D eigenvalue weighted by molar-refractivity contribution is 1.19. The summed E-state index contributed by atoms with van der Waals surface area (Å²) >= 11 is 0. The van der Waals surface area contributed by atoms with E-state index in [2.05, 4.69) is 94.5 Å². The molecule has 0 unspecified atom stereocenters. The number of hydrogen-bond acceptors (Lipinski definition) is 2. The summed E-state index contributed by atoms with van der Waals surface area (Å²) < 4.78 is 2.39. The molecular formula is C30H19N3. The Bertz CT molecular complexity index is 1810. The van der Waals surface area contributed by atoms with Crippen LogP contribution in [-0.4, -0.2) is 14.5 Å². The van der Waals surface area contributed by atoms with Gasteiger partial charge in [0, 0.05) is 51.4 Å². The molecule has 154 valence electrons. The number of rotatable bonds is 2. The third kappa shape index (κ3) is 2.63. The minimum absolute atomic E-state index is 1.04. The quantitative estimate of drug-likeness (QED) is 0.270. The van der Waals surface area contributed by atoms with Gasteiger partial charge in [0.05, 0.1) is 16.6 Å². The zero-order valence-corrected chi connectivity index (χ0v) is 17.8. The van der Waals surface area contributed by atoms with Crippen molar-refractivity contribution >= 4 is 43.5 Å². The molecule has 7 aromatic rings. The predicted octanol–water partition coefficient (Wildman–Crippen LogP) is 7.55. The van der Waals surface area contributed by atoms with Gasteiger partial charge in [0.1, 0.15) is 0 Å². The van der Waals surface area contributed by atoms with Crippen LogP contribution in [0.3, 0.4) is 0 Å². The van der Waals surface area contributed by atoms with Crippen LogP contribution < -0.4 is 0 Å². The maximum Gasteiger partial charge on any atom is 0.0801 e. The molecule has 0 aliphatic rings. The second kappa shape index (κ2) is 7.01. The number of aromatic nitrogens is 3. The molecule has 0 atom stereocenters. The summed E-state index contributed by atoms with van der Waals surface area (Å²) in [6.45, 7) is 0. The first-order valence-corrected chi connectivity index (χ1v) is 11.1. The van der Waals surface area contributed by atoms with Gasteiger partial charge in [0.25, 0.3) is 0 Å². The maximum atomic E-state index is 4.81. The molecule has 3 aromatic heterocycles. The normalized spacial score (nSPS) is 11.6. The number of fused-ring (bicyclic) bond motifs is 8. The molecule has 7 rings (SSSR count). The van der Waals surface area contributed by atoms with Gasteiger partial charge in [-0.1, -0.05) is 60.7 Å². The molecule has 0 aliphatic heterocycles. The van der Waals surface area contributed by atoms with Crippen molar-refractivity contribution in [3.05, 3.63) is 116 Å². The van der Waals surface area contributed by atoms with Gasteiger partial charge in [0.15, 0.2) is 0 Å². The van der Waals surface area contributed by atoms with E-state index in [0.717, 1.165) is 27.7 Å². The molecule has 0 N–H and O–H groups in total. The largest absolute Gasteiger partial charge is 0.309 e. The van der Waals surface area contributed by atoms with E-state index in [0.29, 0.717) is 0 Å². The Labute approximate surface area is 190 Å². The Morgan fingerprint density at radius 2 is 1.33 bits per heavy atom. The van der Waals surface area contributed by atoms with Crippen LogP contribution in [0.1, 0.15) is 0 Å². The van der Waals surface area contributed by atoms with E-state index in [9.17, 15) is 0 Å². The predicted molar refractivity (Wildman–Crippen MR) is 137 cm³/mol. The van der Waals surface area contributed by atoms with E-state index in [1.54, 1.807) is 0 Å². The molecule has 3 heteroatoms. The topological polar surface area (TPSA) is 30.7 Å². The first-order valence-electron chi connectivity index (χ1n) is 11.1. The van der Waals surface area contributed by atoms with Crippen molar-refractivity contribution in [2.24, 2.45) is 0 Å². The zero-order valence-electron chi connectivity index (χ0n) is 17.8. The SMILES string of the molecule is c1cncc(-c2cccc(-n3c4ccccc4c4c5ccccc5c5ncccc5c43)c2)c1. The number of hydrogen-bond donors (Lipinski definition) is 0. The van der Waals surface area contributed by atoms with Crippen molar-refractivity contribution in [3.63, 3.8) is 0 Å². The Hall–Kier alpha value is -4.50. The van der Waals surface area contributed by atoms with Crippen molar-refractivity contribution in [2.75, 3.05) is 0 Å². The third-order valence-corrected chi connectivity index (χ3v) is 6.49. The molecule has 0 radical (unpaired) electrons. The van der Waals surface area contributed by atoms with Crippen LogP contribution in [-0.2, 0) is 0 Å². The van der Waals surface area contributed by atoms with E-state index in [1.165, 1.54) is 32.6 Å². The van der Waals surface area contributed by atoms with E-state index in [-0.39, 0.29) is 0 Å². The highest BCUT2D eigenvalue weighted by Crippen LogP contribution is 2.41. The van der Waals surface area contributed by atoms with E-state index in [4.69, 9.17) is 4.98 Å². The van der Waals surface area contributed by atoms with Crippen LogP contribution in [0.2, 0.25) is 0 Å². The minimum atomic E-state index is 1.04. The molecule has 4 aromatic carbocycles. The summed E-state index contributed by atoms with van der Waals surface area (Å²) in [4.78, 5) is 9.12. The van der Waals surface area contributed by atoms with Gasteiger partial charge < -0.3 is 4.57 Å². The standard InChI is InChI=1S/C30H19N3/c1-2-12-24-23(11-1)28-25-13-3-4-15-27(25)33(30(28)26-14-7-17-32-29(24)26)22-10-5-8-20(18-22)21-9-6-16-31-19-21/h1-19H. The van der Waals surface area contributed by atoms with Gasteiger partial charge in [0.2, 0.25) is 0 Å². The Morgan fingerprint density at radius 1 is 0.576 bits per heavy atom. The van der Waals surface area contributed by atoms with Crippen LogP contribution in [0.25, 0.3) is 60.3 Å². The van der Waals surface area contributed by atoms with Gasteiger partial charge in [-0.2, -0.15) is 0 Å². The minimum Gasteiger partial charge on any atom is -0.309 e. The van der Waals surface area contributed by atoms with Crippen LogP contribution in [0.15, 0.2) is 116 Å². The lowest BCUT2D eigenvalue weighted by Crippen LogP contribution is -1.96. The smallest absolute Gasteiger partial charge is 0.0801 e. The van der Waals surface area contributed by atoms with Crippen molar-refractivity contribution in [1.29, 1.82) is 0 Å². The van der Waals surface area contributed by atoms with Crippen LogP contribution in [0.4, 0.5) is 0 Å². The number of nitrogens with zero attached hydrogens (tertiary/aromatic N) is 3. The summed E-state index contributed by atoms with van der Waals surface area (Å²) in [6.07, 6.45) is 5.61. The molecule has 0 saturated carbocycles. The fourth-order valence-corrected chi connectivity index (χ4v) is 5.11. The molecule has 3 heterocycles. The van der Waals surface area contributed by atoms with Crippen molar-refractivity contribution in [2.45, 2.75) is 0 Å². The summed E-state index contributed by atoms with van der Waals surface area (Å²) in [5, 5.41) is 6.11. The molecule has 0 spiro atoms. The lowest BCUT2D eigenvalue weighted by atomic mass is 9.99. The molecule has 0 bridgehead atoms. The molecule has 3 nitrogen and oxygen atoms in total. The summed E-state index contributed by atoms with van der Waals surface area (Å²) in [5.41, 5.74) is 6.81. The van der Waals surface area contributed by atoms with Gasteiger partial charge in [-0.3, -0.25) is 9.97 Å². The van der Waals surface area contributed by atoms with Crippen molar-refractivity contribution in [3.8, 4) is 16.8 Å². The van der Waals surface area contributed by atoms with Gasteiger partial charge in [-0.05, 0) is 47.3 Å². The molecule has 0 saturated heterocycles. The highest BCUT2D eigenvalue weighted by atomic mass is 15.0. The van der Waals surface area contributed by atoms with Gasteiger partial charge in [-0.25, -0.2) is 0 Å². The number of benzene rings is 4. The first-order chi connectivity index (χ1) is 16.4. The molecule has 0 aliphatic carbocycles. The zero-order chi connectivity index (χ0) is 21.8. The Balaban J connectivity index is 1.69. The average Bonchev–Trinajstić information content (AvgIpc) is 3.25. The summed E-state index contributed by atoms with van der Waals surface area (Å²) in [7, 11) is 0. The van der Waals surface area contributed by atoms with Gasteiger partial charge >= 0.3 is 0 Å². The van der Waals surface area contributed by atoms with Gasteiger partial charge in [-0.15, -0.1) is 0 Å². The van der Waals surface area contributed by atoms with E-state index < -0.39 is 0 Å². The summed E-state index contributed by atoms with van der Waals surface area (Å²) in [6, 6.07) is 34.3. The fraction of sp³-hybridized carbons (Fsp3) is 0. The highest BCUT2D eigenvalue weighted by Gasteiger charge is 2.19. The van der Waals surface area contributed by atoms with E-state index in [1.807, 2.05) is 30.7 Å². The summed E-state index contributed by atoms with van der Waals surface area (Å²) in [5.74, 6) is 0. The fourth-order valence-electron chi connectivity index (χ4n) is 5.11. The second-order valence-corrected chi connectivity index (χ2v) is 8.31. The molecule has 33 heavy (non-hydrogen) atoms. The Kier molecular flexibility index (Phi) is 3.84. The molecule has 0 amide bonds. The maximum absolute atomic E-state index is 4.81. The van der Waals surface area contributed by atoms with Crippen LogP contribution in [0, 0.1) is 0 Å². The number of para-hydroxylation sites is 1. The van der Waals surface area contributed by atoms with E-state index >= 15 is 0 Å². The van der Waals surface area contributed by atoms with Crippen LogP contribution >= 0.6 is 0 Å². The monoisotopic (exact) mass is 421 g/mol. The first kappa shape index (κ1) is 18.1.